The summed E-state index contributed by atoms with van der Waals surface area (Å²) < 4.78 is 5.23. The van der Waals surface area contributed by atoms with Crippen LogP contribution in [-0.2, 0) is 0 Å². The number of furan rings is 1. The number of thiophene rings is 1. The number of halogens is 1. The molecule has 14 heavy (non-hydrogen) atoms. The molecule has 1 atom stereocenters. The van der Waals surface area contributed by atoms with Crippen molar-refractivity contribution in [1.29, 1.82) is 0 Å². The number of aryl methyl sites for hydroxylation is 2. The molecule has 2 aromatic heterocycles. The van der Waals surface area contributed by atoms with E-state index in [1.165, 1.54) is 9.75 Å². The van der Waals surface area contributed by atoms with E-state index < -0.39 is 0 Å². The molecule has 0 amide bonds. The van der Waals surface area contributed by atoms with Crippen LogP contribution < -0.4 is 0 Å². The van der Waals surface area contributed by atoms with Crippen molar-refractivity contribution in [2.75, 3.05) is 0 Å². The Morgan fingerprint density at radius 1 is 1.29 bits per heavy atom. The van der Waals surface area contributed by atoms with Gasteiger partial charge in [-0.2, -0.15) is 0 Å². The molecule has 2 rings (SSSR count). The maximum atomic E-state index is 6.34. The molecular weight excluding hydrogens is 216 g/mol. The Hall–Kier alpha value is -0.730. The Labute approximate surface area is 92.3 Å². The van der Waals surface area contributed by atoms with Crippen molar-refractivity contribution in [1.82, 2.24) is 0 Å². The van der Waals surface area contributed by atoms with Gasteiger partial charge in [0.05, 0.1) is 11.6 Å². The first kappa shape index (κ1) is 9.81. The van der Waals surface area contributed by atoms with Crippen LogP contribution in [0.25, 0.3) is 0 Å². The fourth-order valence-electron chi connectivity index (χ4n) is 1.40. The minimum Gasteiger partial charge on any atom is -0.469 e. The maximum absolute atomic E-state index is 6.34. The van der Waals surface area contributed by atoms with E-state index in [0.717, 1.165) is 11.3 Å². The van der Waals surface area contributed by atoms with E-state index >= 15 is 0 Å². The van der Waals surface area contributed by atoms with Gasteiger partial charge in [0.25, 0.3) is 0 Å². The lowest BCUT2D eigenvalue weighted by atomic mass is 10.1. The summed E-state index contributed by atoms with van der Waals surface area (Å²) in [5, 5.41) is -0.0764. The number of hydrogen-bond donors (Lipinski definition) is 0. The zero-order valence-corrected chi connectivity index (χ0v) is 9.65. The molecule has 0 radical (unpaired) electrons. The zero-order chi connectivity index (χ0) is 10.1. The maximum Gasteiger partial charge on any atom is 0.105 e. The summed E-state index contributed by atoms with van der Waals surface area (Å²) in [4.78, 5) is 2.46. The summed E-state index contributed by atoms with van der Waals surface area (Å²) >= 11 is 8.07. The van der Waals surface area contributed by atoms with Crippen LogP contribution in [-0.4, -0.2) is 0 Å². The minimum atomic E-state index is -0.0764. The van der Waals surface area contributed by atoms with Crippen molar-refractivity contribution >= 4 is 22.9 Å². The van der Waals surface area contributed by atoms with E-state index in [0.29, 0.717) is 0 Å². The monoisotopic (exact) mass is 226 g/mol. The lowest BCUT2D eigenvalue weighted by Gasteiger charge is -2.04. The fraction of sp³-hybridized carbons (Fsp3) is 0.273. The summed E-state index contributed by atoms with van der Waals surface area (Å²) in [6.45, 7) is 4.02. The molecule has 0 fully saturated rings. The molecule has 0 aromatic carbocycles. The molecule has 0 saturated carbocycles. The van der Waals surface area contributed by atoms with Crippen LogP contribution in [0.3, 0.4) is 0 Å². The lowest BCUT2D eigenvalue weighted by Crippen LogP contribution is -1.89. The summed E-state index contributed by atoms with van der Waals surface area (Å²) in [7, 11) is 0. The van der Waals surface area contributed by atoms with Gasteiger partial charge in [0.2, 0.25) is 0 Å². The number of hydrogen-bond acceptors (Lipinski definition) is 2. The first-order valence-electron chi connectivity index (χ1n) is 4.43. The van der Waals surface area contributed by atoms with E-state index in [9.17, 15) is 0 Å². The predicted octanol–water partition coefficient (Wildman–Crippen LogP) is 4.29. The topological polar surface area (TPSA) is 13.1 Å². The van der Waals surface area contributed by atoms with Crippen LogP contribution in [0, 0.1) is 13.8 Å². The molecular formula is C11H11ClOS. The molecule has 2 heterocycles. The van der Waals surface area contributed by atoms with Crippen molar-refractivity contribution < 1.29 is 4.42 Å². The van der Waals surface area contributed by atoms with Crippen LogP contribution in [0.2, 0.25) is 0 Å². The molecule has 0 spiro atoms. The first-order valence-corrected chi connectivity index (χ1v) is 5.68. The van der Waals surface area contributed by atoms with Crippen molar-refractivity contribution in [3.05, 3.63) is 45.5 Å². The second kappa shape index (κ2) is 3.79. The number of rotatable bonds is 2. The molecule has 2 aromatic rings. The molecule has 0 aliphatic heterocycles. The van der Waals surface area contributed by atoms with Crippen LogP contribution in [0.1, 0.15) is 26.5 Å². The van der Waals surface area contributed by atoms with Crippen molar-refractivity contribution in [2.45, 2.75) is 19.2 Å². The highest BCUT2D eigenvalue weighted by molar-refractivity contribution is 7.12. The van der Waals surface area contributed by atoms with E-state index in [1.807, 2.05) is 13.0 Å². The normalized spacial score (nSPS) is 13.1. The van der Waals surface area contributed by atoms with Crippen LogP contribution >= 0.6 is 22.9 Å². The molecule has 0 saturated heterocycles. The van der Waals surface area contributed by atoms with Gasteiger partial charge in [0, 0.05) is 15.3 Å². The van der Waals surface area contributed by atoms with E-state index in [4.69, 9.17) is 16.0 Å². The van der Waals surface area contributed by atoms with Gasteiger partial charge < -0.3 is 4.42 Å². The highest BCUT2D eigenvalue weighted by atomic mass is 35.5. The molecule has 0 aliphatic rings. The molecule has 1 nitrogen and oxygen atoms in total. The summed E-state index contributed by atoms with van der Waals surface area (Å²) in [5.41, 5.74) is 1.06. The molecule has 3 heteroatoms. The summed E-state index contributed by atoms with van der Waals surface area (Å²) in [6.07, 6.45) is 1.68. The smallest absolute Gasteiger partial charge is 0.105 e. The second-order valence-electron chi connectivity index (χ2n) is 3.24. The Morgan fingerprint density at radius 3 is 2.57 bits per heavy atom. The Bertz CT molecular complexity index is 430. The second-order valence-corrected chi connectivity index (χ2v) is 5.00. The molecule has 1 unspecified atom stereocenters. The van der Waals surface area contributed by atoms with Crippen molar-refractivity contribution in [3.8, 4) is 0 Å². The van der Waals surface area contributed by atoms with Gasteiger partial charge in [-0.25, -0.2) is 0 Å². The highest BCUT2D eigenvalue weighted by Crippen LogP contribution is 2.35. The predicted molar refractivity (Wildman–Crippen MR) is 60.2 cm³/mol. The van der Waals surface area contributed by atoms with Gasteiger partial charge in [-0.1, -0.05) is 0 Å². The van der Waals surface area contributed by atoms with Crippen LogP contribution in [0.4, 0.5) is 0 Å². The van der Waals surface area contributed by atoms with Gasteiger partial charge in [-0.05, 0) is 32.0 Å². The zero-order valence-electron chi connectivity index (χ0n) is 8.08. The van der Waals surface area contributed by atoms with Gasteiger partial charge in [0.1, 0.15) is 5.76 Å². The molecule has 74 valence electrons. The van der Waals surface area contributed by atoms with E-state index in [1.54, 1.807) is 17.6 Å². The van der Waals surface area contributed by atoms with Crippen molar-refractivity contribution in [3.63, 3.8) is 0 Å². The van der Waals surface area contributed by atoms with Gasteiger partial charge in [-0.15, -0.1) is 22.9 Å². The van der Waals surface area contributed by atoms with E-state index in [2.05, 4.69) is 19.1 Å². The average Bonchev–Trinajstić information content (AvgIpc) is 2.73. The SMILES string of the molecule is Cc1ccc(C(Cl)c2ccoc2C)s1. The first-order chi connectivity index (χ1) is 6.68. The largest absolute Gasteiger partial charge is 0.469 e. The summed E-state index contributed by atoms with van der Waals surface area (Å²) in [5.74, 6) is 0.899. The Balaban J connectivity index is 2.33. The highest BCUT2D eigenvalue weighted by Gasteiger charge is 2.16. The van der Waals surface area contributed by atoms with Crippen LogP contribution in [0.5, 0.6) is 0 Å². The Kier molecular flexibility index (Phi) is 2.66. The third kappa shape index (κ3) is 1.72. The molecule has 0 N–H and O–H groups in total. The van der Waals surface area contributed by atoms with Crippen molar-refractivity contribution in [2.24, 2.45) is 0 Å². The quantitative estimate of drug-likeness (QED) is 0.697. The minimum absolute atomic E-state index is 0.0764. The van der Waals surface area contributed by atoms with E-state index in [-0.39, 0.29) is 5.38 Å². The standard InChI is InChI=1S/C11H11ClOS/c1-7-3-4-10(14-7)11(12)9-5-6-13-8(9)2/h3-6,11H,1-2H3. The van der Waals surface area contributed by atoms with Crippen LogP contribution in [0.15, 0.2) is 28.9 Å². The molecule has 0 bridgehead atoms. The van der Waals surface area contributed by atoms with Gasteiger partial charge in [0.15, 0.2) is 0 Å². The van der Waals surface area contributed by atoms with Gasteiger partial charge in [-0.3, -0.25) is 0 Å². The average molecular weight is 227 g/mol. The summed E-state index contributed by atoms with van der Waals surface area (Å²) in [6, 6.07) is 6.09. The lowest BCUT2D eigenvalue weighted by molar-refractivity contribution is 0.530. The molecule has 0 aliphatic carbocycles. The Morgan fingerprint density at radius 2 is 2.07 bits per heavy atom. The third-order valence-electron chi connectivity index (χ3n) is 2.18. The number of alkyl halides is 1. The third-order valence-corrected chi connectivity index (χ3v) is 3.85. The van der Waals surface area contributed by atoms with Gasteiger partial charge >= 0.3 is 0 Å². The fourth-order valence-corrected chi connectivity index (χ4v) is 2.71.